The molecule has 1 aromatic heterocycles. The highest BCUT2D eigenvalue weighted by Gasteiger charge is 2.36. The highest BCUT2D eigenvalue weighted by molar-refractivity contribution is 6.00. The number of ether oxygens (including phenoxy) is 2. The third-order valence-electron chi connectivity index (χ3n) is 5.68. The zero-order chi connectivity index (χ0) is 27.1. The summed E-state index contributed by atoms with van der Waals surface area (Å²) in [5, 5.41) is 10.7. The van der Waals surface area contributed by atoms with Crippen LogP contribution < -0.4 is 30.7 Å². The van der Waals surface area contributed by atoms with E-state index in [0.717, 1.165) is 6.07 Å². The molecule has 1 fully saturated rings. The van der Waals surface area contributed by atoms with Crippen LogP contribution in [0, 0.1) is 0 Å². The van der Waals surface area contributed by atoms with E-state index < -0.39 is 29.6 Å². The van der Waals surface area contributed by atoms with Crippen LogP contribution in [0.1, 0.15) is 28.9 Å². The maximum atomic E-state index is 13.7. The summed E-state index contributed by atoms with van der Waals surface area (Å²) in [6, 6.07) is 12.1. The first-order valence-corrected chi connectivity index (χ1v) is 11.8. The molecule has 12 heteroatoms. The second-order valence-corrected chi connectivity index (χ2v) is 8.41. The number of rotatable bonds is 7. The number of nitrogens with one attached hydrogen (secondary N) is 4. The Morgan fingerprint density at radius 3 is 2.42 bits per heavy atom. The smallest absolute Gasteiger partial charge is 0.420 e. The zero-order valence-electron chi connectivity index (χ0n) is 20.4. The van der Waals surface area contributed by atoms with Crippen LogP contribution in [0.5, 0.6) is 17.2 Å². The highest BCUT2D eigenvalue weighted by atomic mass is 19.4. The minimum atomic E-state index is -4.65. The molecule has 3 amide bonds. The molecule has 0 atom stereocenters. The molecule has 2 aromatic carbocycles. The van der Waals surface area contributed by atoms with E-state index >= 15 is 0 Å². The van der Waals surface area contributed by atoms with Crippen molar-refractivity contribution in [2.75, 3.05) is 30.8 Å². The number of anilines is 2. The van der Waals surface area contributed by atoms with Gasteiger partial charge in [-0.25, -0.2) is 4.79 Å². The van der Waals surface area contributed by atoms with Gasteiger partial charge >= 0.3 is 12.2 Å². The number of aromatic nitrogens is 1. The van der Waals surface area contributed by atoms with Gasteiger partial charge in [0, 0.05) is 25.0 Å². The lowest BCUT2D eigenvalue weighted by Crippen LogP contribution is -2.34. The van der Waals surface area contributed by atoms with Gasteiger partial charge in [-0.05, 0) is 68.4 Å². The van der Waals surface area contributed by atoms with Crippen LogP contribution in [-0.4, -0.2) is 43.2 Å². The number of carbonyl (C=O) groups is 2. The van der Waals surface area contributed by atoms with Gasteiger partial charge in [-0.15, -0.1) is 0 Å². The van der Waals surface area contributed by atoms with Gasteiger partial charge in [-0.1, -0.05) is 6.07 Å². The molecule has 1 aliphatic rings. The summed E-state index contributed by atoms with van der Waals surface area (Å²) >= 11 is 0. The molecule has 200 valence electrons. The number of nitrogens with zero attached hydrogens (tertiary/aromatic N) is 1. The van der Waals surface area contributed by atoms with E-state index in [1.54, 1.807) is 30.3 Å². The van der Waals surface area contributed by atoms with E-state index in [-0.39, 0.29) is 17.3 Å². The van der Waals surface area contributed by atoms with Crippen molar-refractivity contribution >= 4 is 23.3 Å². The van der Waals surface area contributed by atoms with E-state index in [1.165, 1.54) is 31.4 Å². The average Bonchev–Trinajstić information content (AvgIpc) is 2.90. The number of hydrogen-bond donors (Lipinski definition) is 4. The Kier molecular flexibility index (Phi) is 8.31. The van der Waals surface area contributed by atoms with E-state index in [1.807, 2.05) is 0 Å². The van der Waals surface area contributed by atoms with Gasteiger partial charge in [0.2, 0.25) is 0 Å². The first-order chi connectivity index (χ1) is 18.2. The van der Waals surface area contributed by atoms with Gasteiger partial charge in [0.05, 0.1) is 11.3 Å². The molecule has 3 aromatic rings. The van der Waals surface area contributed by atoms with Gasteiger partial charge in [-0.2, -0.15) is 13.2 Å². The second-order valence-electron chi connectivity index (χ2n) is 8.41. The van der Waals surface area contributed by atoms with Crippen molar-refractivity contribution < 1.29 is 32.2 Å². The van der Waals surface area contributed by atoms with Gasteiger partial charge in [-0.3, -0.25) is 9.78 Å². The number of urea groups is 1. The van der Waals surface area contributed by atoms with Crippen molar-refractivity contribution in [2.24, 2.45) is 0 Å². The number of amides is 3. The molecule has 1 saturated heterocycles. The van der Waals surface area contributed by atoms with E-state index in [2.05, 4.69) is 26.3 Å². The number of carbonyl (C=O) groups excluding carboxylic acids is 2. The van der Waals surface area contributed by atoms with Crippen LogP contribution in [0.3, 0.4) is 0 Å². The maximum absolute atomic E-state index is 13.7. The summed E-state index contributed by atoms with van der Waals surface area (Å²) in [5.41, 5.74) is -0.465. The summed E-state index contributed by atoms with van der Waals surface area (Å²) < 4.78 is 52.5. The fraction of sp³-hybridized carbons (Fsp3) is 0.269. The molecule has 0 saturated carbocycles. The lowest BCUT2D eigenvalue weighted by molar-refractivity contribution is -0.139. The molecule has 38 heavy (non-hydrogen) atoms. The van der Waals surface area contributed by atoms with Gasteiger partial charge in [0.1, 0.15) is 23.3 Å². The SMILES string of the molecule is CNC(=O)c1cc(Oc2ccc(NC(=O)Nc3cccc(C(F)(F)F)c3OC3CCNCC3)cc2)ccn1. The van der Waals surface area contributed by atoms with Crippen molar-refractivity contribution in [2.45, 2.75) is 25.1 Å². The van der Waals surface area contributed by atoms with E-state index in [9.17, 15) is 22.8 Å². The molecule has 1 aliphatic heterocycles. The average molecular weight is 530 g/mol. The summed E-state index contributed by atoms with van der Waals surface area (Å²) in [6.07, 6.45) is -2.50. The Hall–Kier alpha value is -4.32. The third kappa shape index (κ3) is 6.91. The van der Waals surface area contributed by atoms with Crippen LogP contribution >= 0.6 is 0 Å². The summed E-state index contributed by atoms with van der Waals surface area (Å²) in [4.78, 5) is 28.4. The van der Waals surface area contributed by atoms with Gasteiger partial charge in [0.25, 0.3) is 5.91 Å². The predicted molar refractivity (Wildman–Crippen MR) is 135 cm³/mol. The monoisotopic (exact) mass is 529 g/mol. The van der Waals surface area contributed by atoms with Crippen molar-refractivity contribution in [3.05, 3.63) is 72.1 Å². The lowest BCUT2D eigenvalue weighted by Gasteiger charge is -2.27. The maximum Gasteiger partial charge on any atom is 0.420 e. The Labute approximate surface area is 216 Å². The predicted octanol–water partition coefficient (Wildman–Crippen LogP) is 5.03. The number of pyridine rings is 1. The number of halogens is 3. The number of alkyl halides is 3. The van der Waals surface area contributed by atoms with E-state index in [0.29, 0.717) is 43.1 Å². The molecule has 0 unspecified atom stereocenters. The number of benzene rings is 2. The Morgan fingerprint density at radius 1 is 1.00 bits per heavy atom. The fourth-order valence-electron chi connectivity index (χ4n) is 3.82. The number of para-hydroxylation sites is 1. The molecule has 0 spiro atoms. The van der Waals surface area contributed by atoms with Crippen molar-refractivity contribution in [1.82, 2.24) is 15.6 Å². The molecule has 2 heterocycles. The quantitative estimate of drug-likeness (QED) is 0.342. The Balaban J connectivity index is 1.43. The van der Waals surface area contributed by atoms with Gasteiger partial charge in [0.15, 0.2) is 5.75 Å². The molecular formula is C26H26F3N5O4. The number of piperidine rings is 1. The Bertz CT molecular complexity index is 1280. The minimum Gasteiger partial charge on any atom is -0.488 e. The first kappa shape index (κ1) is 26.7. The van der Waals surface area contributed by atoms with Crippen LogP contribution in [0.4, 0.5) is 29.3 Å². The van der Waals surface area contributed by atoms with Crippen molar-refractivity contribution in [3.63, 3.8) is 0 Å². The van der Waals surface area contributed by atoms with Crippen LogP contribution in [0.15, 0.2) is 60.8 Å². The normalized spacial score (nSPS) is 13.9. The van der Waals surface area contributed by atoms with Gasteiger partial charge < -0.3 is 30.7 Å². The molecular weight excluding hydrogens is 503 g/mol. The van der Waals surface area contributed by atoms with Crippen LogP contribution in [0.2, 0.25) is 0 Å². The highest BCUT2D eigenvalue weighted by Crippen LogP contribution is 2.41. The van der Waals surface area contributed by atoms with E-state index in [4.69, 9.17) is 9.47 Å². The standard InChI is InChI=1S/C26H26F3N5O4/c1-30-24(35)22-15-19(11-14-32-22)37-17-7-5-16(6-8-17)33-25(36)34-21-4-2-3-20(26(27,28)29)23(21)38-18-9-12-31-13-10-18/h2-8,11,14-15,18,31H,9-10,12-13H2,1H3,(H,30,35)(H2,33,34,36). The molecule has 9 nitrogen and oxygen atoms in total. The van der Waals surface area contributed by atoms with Crippen LogP contribution in [0.25, 0.3) is 0 Å². The zero-order valence-corrected chi connectivity index (χ0v) is 20.4. The topological polar surface area (TPSA) is 114 Å². The van der Waals surface area contributed by atoms with Crippen molar-refractivity contribution in [1.29, 1.82) is 0 Å². The summed E-state index contributed by atoms with van der Waals surface area (Å²) in [6.45, 7) is 1.27. The summed E-state index contributed by atoms with van der Waals surface area (Å²) in [5.74, 6) is 0.0637. The Morgan fingerprint density at radius 2 is 1.74 bits per heavy atom. The molecule has 0 aliphatic carbocycles. The van der Waals surface area contributed by atoms with Crippen molar-refractivity contribution in [3.8, 4) is 17.2 Å². The largest absolute Gasteiger partial charge is 0.488 e. The second kappa shape index (κ2) is 11.8. The number of hydrogen-bond acceptors (Lipinski definition) is 6. The van der Waals surface area contributed by atoms with Crippen LogP contribution in [-0.2, 0) is 6.18 Å². The fourth-order valence-corrected chi connectivity index (χ4v) is 3.82. The molecule has 0 bridgehead atoms. The lowest BCUT2D eigenvalue weighted by atomic mass is 10.1. The molecule has 0 radical (unpaired) electrons. The third-order valence-corrected chi connectivity index (χ3v) is 5.68. The molecule has 4 rings (SSSR count). The minimum absolute atomic E-state index is 0.0829. The molecule has 4 N–H and O–H groups in total. The first-order valence-electron chi connectivity index (χ1n) is 11.8. The summed E-state index contributed by atoms with van der Waals surface area (Å²) in [7, 11) is 1.49.